The van der Waals surface area contributed by atoms with Crippen molar-refractivity contribution in [3.63, 3.8) is 0 Å². The molecule has 0 saturated heterocycles. The van der Waals surface area contributed by atoms with Crippen LogP contribution in [0.3, 0.4) is 0 Å². The predicted molar refractivity (Wildman–Crippen MR) is 75.3 cm³/mol. The van der Waals surface area contributed by atoms with Crippen molar-refractivity contribution in [1.29, 1.82) is 0 Å². The lowest BCUT2D eigenvalue weighted by Gasteiger charge is -2.10. The molecule has 3 aromatic rings. The van der Waals surface area contributed by atoms with Crippen molar-refractivity contribution in [3.05, 3.63) is 54.0 Å². The fourth-order valence-corrected chi connectivity index (χ4v) is 2.11. The van der Waals surface area contributed by atoms with Gasteiger partial charge >= 0.3 is 0 Å². The third-order valence-corrected chi connectivity index (χ3v) is 3.19. The maximum atomic E-state index is 12.1. The van der Waals surface area contributed by atoms with Crippen molar-refractivity contribution in [2.24, 2.45) is 7.05 Å². The summed E-state index contributed by atoms with van der Waals surface area (Å²) in [4.78, 5) is 12.1. The summed E-state index contributed by atoms with van der Waals surface area (Å²) in [5.41, 5.74) is 1.36. The molecule has 1 unspecified atom stereocenters. The Morgan fingerprint density at radius 2 is 2.20 bits per heavy atom. The standard InChI is InChI=1S/C15H15N3O2/c1-10(17-15(19)12-8-16-18(2)9-12)14-7-11-5-3-4-6-13(11)20-14/h3-10H,1-2H3,(H,17,19). The number of fused-ring (bicyclic) bond motifs is 1. The van der Waals surface area contributed by atoms with E-state index in [9.17, 15) is 4.79 Å². The number of hydrogen-bond donors (Lipinski definition) is 1. The van der Waals surface area contributed by atoms with Gasteiger partial charge < -0.3 is 9.73 Å². The Morgan fingerprint density at radius 3 is 2.90 bits per heavy atom. The molecule has 2 aromatic heterocycles. The number of hydrogen-bond acceptors (Lipinski definition) is 3. The molecule has 102 valence electrons. The molecule has 1 N–H and O–H groups in total. The van der Waals surface area contributed by atoms with Gasteiger partial charge in [-0.2, -0.15) is 5.10 Å². The highest BCUT2D eigenvalue weighted by Gasteiger charge is 2.16. The summed E-state index contributed by atoms with van der Waals surface area (Å²) in [6, 6.07) is 9.53. The summed E-state index contributed by atoms with van der Waals surface area (Å²) in [6.45, 7) is 1.89. The zero-order valence-electron chi connectivity index (χ0n) is 11.3. The number of aryl methyl sites for hydroxylation is 1. The molecule has 1 aromatic carbocycles. The average molecular weight is 269 g/mol. The Balaban J connectivity index is 1.78. The van der Waals surface area contributed by atoms with Gasteiger partial charge in [-0.25, -0.2) is 0 Å². The van der Waals surface area contributed by atoms with E-state index < -0.39 is 0 Å². The largest absolute Gasteiger partial charge is 0.459 e. The first-order chi connectivity index (χ1) is 9.63. The molecule has 0 spiro atoms. The normalized spacial score (nSPS) is 12.5. The van der Waals surface area contributed by atoms with E-state index in [1.807, 2.05) is 37.3 Å². The Morgan fingerprint density at radius 1 is 1.40 bits per heavy atom. The summed E-state index contributed by atoms with van der Waals surface area (Å²) in [6.07, 6.45) is 3.22. The minimum absolute atomic E-state index is 0.161. The summed E-state index contributed by atoms with van der Waals surface area (Å²) >= 11 is 0. The molecular weight excluding hydrogens is 254 g/mol. The van der Waals surface area contributed by atoms with Crippen molar-refractivity contribution in [2.45, 2.75) is 13.0 Å². The molecule has 0 saturated carbocycles. The predicted octanol–water partition coefficient (Wildman–Crippen LogP) is 2.66. The van der Waals surface area contributed by atoms with Crippen LogP contribution in [0, 0.1) is 0 Å². The first kappa shape index (κ1) is 12.5. The number of amides is 1. The Kier molecular flexibility index (Phi) is 3.02. The molecule has 3 rings (SSSR count). The fraction of sp³-hybridized carbons (Fsp3) is 0.200. The van der Waals surface area contributed by atoms with Crippen molar-refractivity contribution < 1.29 is 9.21 Å². The Bertz CT molecular complexity index is 724. The van der Waals surface area contributed by atoms with Crippen LogP contribution >= 0.6 is 0 Å². The number of nitrogens with one attached hydrogen (secondary N) is 1. The maximum Gasteiger partial charge on any atom is 0.255 e. The lowest BCUT2D eigenvalue weighted by molar-refractivity contribution is 0.0935. The number of carbonyl (C=O) groups excluding carboxylic acids is 1. The van der Waals surface area contributed by atoms with Crippen LogP contribution in [-0.2, 0) is 7.05 Å². The molecule has 0 fully saturated rings. The van der Waals surface area contributed by atoms with E-state index >= 15 is 0 Å². The van der Waals surface area contributed by atoms with Gasteiger partial charge in [0, 0.05) is 18.6 Å². The van der Waals surface area contributed by atoms with Crippen LogP contribution in [0.2, 0.25) is 0 Å². The number of carbonyl (C=O) groups is 1. The van der Waals surface area contributed by atoms with E-state index in [0.29, 0.717) is 5.56 Å². The smallest absolute Gasteiger partial charge is 0.255 e. The zero-order chi connectivity index (χ0) is 14.1. The summed E-state index contributed by atoms with van der Waals surface area (Å²) in [5.74, 6) is 0.578. The number of benzene rings is 1. The molecule has 0 aliphatic heterocycles. The SMILES string of the molecule is CC(NC(=O)c1cnn(C)c1)c1cc2ccccc2o1. The fourth-order valence-electron chi connectivity index (χ4n) is 2.11. The number of furan rings is 1. The van der Waals surface area contributed by atoms with Crippen LogP contribution < -0.4 is 5.32 Å². The highest BCUT2D eigenvalue weighted by Crippen LogP contribution is 2.23. The third kappa shape index (κ3) is 2.30. The van der Waals surface area contributed by atoms with Crippen LogP contribution in [-0.4, -0.2) is 15.7 Å². The van der Waals surface area contributed by atoms with Crippen LogP contribution in [0.4, 0.5) is 0 Å². The van der Waals surface area contributed by atoms with Gasteiger partial charge in [0.05, 0.1) is 17.8 Å². The molecule has 0 aliphatic rings. The Hall–Kier alpha value is -2.56. The lowest BCUT2D eigenvalue weighted by atomic mass is 10.2. The second kappa shape index (κ2) is 4.85. The summed E-state index contributed by atoms with van der Waals surface area (Å²) in [7, 11) is 1.78. The summed E-state index contributed by atoms with van der Waals surface area (Å²) < 4.78 is 7.33. The Labute approximate surface area is 116 Å². The molecule has 0 aliphatic carbocycles. The van der Waals surface area contributed by atoms with Gasteiger partial charge in [-0.3, -0.25) is 9.48 Å². The molecule has 5 nitrogen and oxygen atoms in total. The minimum atomic E-state index is -0.199. The topological polar surface area (TPSA) is 60.1 Å². The van der Waals surface area contributed by atoms with Crippen LogP contribution in [0.1, 0.15) is 29.1 Å². The average Bonchev–Trinajstić information content (AvgIpc) is 3.04. The van der Waals surface area contributed by atoms with E-state index in [4.69, 9.17) is 4.42 Å². The van der Waals surface area contributed by atoms with Gasteiger partial charge in [0.1, 0.15) is 11.3 Å². The molecule has 0 radical (unpaired) electrons. The molecule has 5 heteroatoms. The highest BCUT2D eigenvalue weighted by molar-refractivity contribution is 5.94. The number of aromatic nitrogens is 2. The van der Waals surface area contributed by atoms with Crippen LogP contribution in [0.5, 0.6) is 0 Å². The number of nitrogens with zero attached hydrogens (tertiary/aromatic N) is 2. The van der Waals surface area contributed by atoms with E-state index in [1.54, 1.807) is 24.1 Å². The van der Waals surface area contributed by atoms with Gasteiger partial charge in [-0.15, -0.1) is 0 Å². The number of para-hydroxylation sites is 1. The molecule has 2 heterocycles. The minimum Gasteiger partial charge on any atom is -0.459 e. The van der Waals surface area contributed by atoms with Crippen LogP contribution in [0.15, 0.2) is 47.1 Å². The molecule has 1 amide bonds. The second-order valence-electron chi connectivity index (χ2n) is 4.78. The van der Waals surface area contributed by atoms with Gasteiger partial charge in [0.15, 0.2) is 0 Å². The second-order valence-corrected chi connectivity index (χ2v) is 4.78. The van der Waals surface area contributed by atoms with Gasteiger partial charge in [0.25, 0.3) is 5.91 Å². The third-order valence-electron chi connectivity index (χ3n) is 3.19. The van der Waals surface area contributed by atoms with Crippen molar-refractivity contribution >= 4 is 16.9 Å². The van der Waals surface area contributed by atoms with Crippen LogP contribution in [0.25, 0.3) is 11.0 Å². The molecule has 0 bridgehead atoms. The van der Waals surface area contributed by atoms with E-state index in [2.05, 4.69) is 10.4 Å². The maximum absolute atomic E-state index is 12.1. The van der Waals surface area contributed by atoms with Crippen molar-refractivity contribution in [3.8, 4) is 0 Å². The number of rotatable bonds is 3. The van der Waals surface area contributed by atoms with E-state index in [0.717, 1.165) is 16.7 Å². The molecule has 1 atom stereocenters. The zero-order valence-corrected chi connectivity index (χ0v) is 11.3. The lowest BCUT2D eigenvalue weighted by Crippen LogP contribution is -2.26. The first-order valence-corrected chi connectivity index (χ1v) is 6.41. The van der Waals surface area contributed by atoms with Gasteiger partial charge in [-0.1, -0.05) is 18.2 Å². The monoisotopic (exact) mass is 269 g/mol. The van der Waals surface area contributed by atoms with E-state index in [1.165, 1.54) is 0 Å². The van der Waals surface area contributed by atoms with Crippen molar-refractivity contribution in [1.82, 2.24) is 15.1 Å². The van der Waals surface area contributed by atoms with Gasteiger partial charge in [-0.05, 0) is 19.1 Å². The van der Waals surface area contributed by atoms with Crippen molar-refractivity contribution in [2.75, 3.05) is 0 Å². The molecule has 20 heavy (non-hydrogen) atoms. The summed E-state index contributed by atoms with van der Waals surface area (Å²) in [5, 5.41) is 7.92. The quantitative estimate of drug-likeness (QED) is 0.795. The van der Waals surface area contributed by atoms with E-state index in [-0.39, 0.29) is 11.9 Å². The first-order valence-electron chi connectivity index (χ1n) is 6.41. The molecular formula is C15H15N3O2. The highest BCUT2D eigenvalue weighted by atomic mass is 16.3. The van der Waals surface area contributed by atoms with Gasteiger partial charge in [0.2, 0.25) is 0 Å².